The Morgan fingerprint density at radius 2 is 1.75 bits per heavy atom. The monoisotopic (exact) mass is 345 g/mol. The molecule has 2 aromatic carbocycles. The van der Waals surface area contributed by atoms with Crippen LogP contribution in [0.5, 0.6) is 11.5 Å². The van der Waals surface area contributed by atoms with Crippen LogP contribution >= 0.6 is 15.9 Å². The van der Waals surface area contributed by atoms with E-state index in [0.29, 0.717) is 12.3 Å². The molecule has 2 N–H and O–H groups in total. The molecule has 0 aliphatic carbocycles. The molecule has 2 rings (SSSR count). The van der Waals surface area contributed by atoms with Gasteiger partial charge in [-0.25, -0.2) is 0 Å². The Kier molecular flexibility index (Phi) is 4.35. The van der Waals surface area contributed by atoms with E-state index in [4.69, 9.17) is 10.5 Å². The van der Waals surface area contributed by atoms with Crippen molar-refractivity contribution >= 4 is 15.9 Å². The molecule has 0 aliphatic heterocycles. The van der Waals surface area contributed by atoms with Crippen LogP contribution in [0.25, 0.3) is 0 Å². The summed E-state index contributed by atoms with van der Waals surface area (Å²) in [6, 6.07) is 9.83. The van der Waals surface area contributed by atoms with Gasteiger partial charge in [0.25, 0.3) is 0 Å². The lowest BCUT2D eigenvalue weighted by molar-refractivity contribution is -0.137. The summed E-state index contributed by atoms with van der Waals surface area (Å²) in [7, 11) is 0. The summed E-state index contributed by atoms with van der Waals surface area (Å²) < 4.78 is 44.0. The second kappa shape index (κ2) is 5.85. The molecular weight excluding hydrogens is 335 g/mol. The van der Waals surface area contributed by atoms with Crippen LogP contribution in [-0.2, 0) is 12.7 Å². The van der Waals surface area contributed by atoms with Gasteiger partial charge in [-0.15, -0.1) is 0 Å². The molecule has 0 radical (unpaired) electrons. The molecule has 0 aromatic heterocycles. The summed E-state index contributed by atoms with van der Waals surface area (Å²) in [5.41, 5.74) is 5.67. The van der Waals surface area contributed by atoms with Gasteiger partial charge in [-0.05, 0) is 35.9 Å². The summed E-state index contributed by atoms with van der Waals surface area (Å²) in [5, 5.41) is 0. The Balaban J connectivity index is 2.24. The second-order valence-electron chi connectivity index (χ2n) is 4.08. The summed E-state index contributed by atoms with van der Waals surface area (Å²) in [6.45, 7) is 0.365. The van der Waals surface area contributed by atoms with E-state index in [2.05, 4.69) is 15.9 Å². The number of ether oxygens (including phenoxy) is 1. The van der Waals surface area contributed by atoms with Crippen molar-refractivity contribution in [2.45, 2.75) is 12.7 Å². The van der Waals surface area contributed by atoms with E-state index in [1.54, 1.807) is 18.2 Å². The molecule has 2 aromatic rings. The first-order valence-corrected chi connectivity index (χ1v) is 6.53. The Labute approximate surface area is 122 Å². The van der Waals surface area contributed by atoms with Gasteiger partial charge in [-0.3, -0.25) is 0 Å². The van der Waals surface area contributed by atoms with E-state index in [-0.39, 0.29) is 5.75 Å². The van der Waals surface area contributed by atoms with Crippen LogP contribution in [0.4, 0.5) is 13.2 Å². The molecule has 0 saturated carbocycles. The van der Waals surface area contributed by atoms with E-state index < -0.39 is 11.7 Å². The number of halogens is 4. The van der Waals surface area contributed by atoms with Gasteiger partial charge in [-0.1, -0.05) is 28.1 Å². The minimum atomic E-state index is -4.39. The van der Waals surface area contributed by atoms with Crippen molar-refractivity contribution in [2.75, 3.05) is 0 Å². The molecule has 106 valence electrons. The van der Waals surface area contributed by atoms with Gasteiger partial charge in [0.2, 0.25) is 0 Å². The van der Waals surface area contributed by atoms with Crippen LogP contribution in [0.1, 0.15) is 11.1 Å². The number of rotatable bonds is 3. The number of hydrogen-bond donors (Lipinski definition) is 1. The molecular formula is C14H11BrF3NO. The molecule has 0 amide bonds. The lowest BCUT2D eigenvalue weighted by Gasteiger charge is -2.11. The molecule has 0 saturated heterocycles. The normalized spacial score (nSPS) is 11.4. The van der Waals surface area contributed by atoms with Crippen molar-refractivity contribution in [3.8, 4) is 11.5 Å². The standard InChI is InChI=1S/C14H11BrF3NO/c15-13-7-12(5-4-9(13)8-19)20-11-3-1-2-10(6-11)14(16,17)18/h1-7H,8,19H2. The smallest absolute Gasteiger partial charge is 0.416 e. The molecule has 0 heterocycles. The number of benzene rings is 2. The summed E-state index contributed by atoms with van der Waals surface area (Å²) in [5.74, 6) is 0.570. The Morgan fingerprint density at radius 1 is 1.05 bits per heavy atom. The van der Waals surface area contributed by atoms with Crippen molar-refractivity contribution in [2.24, 2.45) is 5.73 Å². The van der Waals surface area contributed by atoms with E-state index in [0.717, 1.165) is 22.2 Å². The average molecular weight is 346 g/mol. The van der Waals surface area contributed by atoms with E-state index >= 15 is 0 Å². The molecule has 0 aliphatic rings. The minimum absolute atomic E-state index is 0.132. The second-order valence-corrected chi connectivity index (χ2v) is 4.94. The first-order chi connectivity index (χ1) is 9.40. The van der Waals surface area contributed by atoms with Crippen molar-refractivity contribution in [3.05, 3.63) is 58.1 Å². The first kappa shape index (κ1) is 14.9. The van der Waals surface area contributed by atoms with Crippen molar-refractivity contribution in [1.82, 2.24) is 0 Å². The third-order valence-electron chi connectivity index (χ3n) is 2.64. The Morgan fingerprint density at radius 3 is 2.35 bits per heavy atom. The highest BCUT2D eigenvalue weighted by Gasteiger charge is 2.30. The first-order valence-electron chi connectivity index (χ1n) is 5.74. The zero-order valence-electron chi connectivity index (χ0n) is 10.2. The SMILES string of the molecule is NCc1ccc(Oc2cccc(C(F)(F)F)c2)cc1Br. The van der Waals surface area contributed by atoms with Crippen LogP contribution in [0.3, 0.4) is 0 Å². The van der Waals surface area contributed by atoms with Gasteiger partial charge in [0.1, 0.15) is 11.5 Å². The lowest BCUT2D eigenvalue weighted by atomic mass is 10.2. The van der Waals surface area contributed by atoms with Crippen molar-refractivity contribution < 1.29 is 17.9 Å². The van der Waals surface area contributed by atoms with E-state index in [1.807, 2.05) is 0 Å². The van der Waals surface area contributed by atoms with Gasteiger partial charge in [0.15, 0.2) is 0 Å². The van der Waals surface area contributed by atoms with E-state index in [1.165, 1.54) is 12.1 Å². The topological polar surface area (TPSA) is 35.2 Å². The Bertz CT molecular complexity index is 614. The maximum Gasteiger partial charge on any atom is 0.416 e. The van der Waals surface area contributed by atoms with Gasteiger partial charge in [0, 0.05) is 11.0 Å². The van der Waals surface area contributed by atoms with Gasteiger partial charge in [-0.2, -0.15) is 13.2 Å². The molecule has 0 spiro atoms. The molecule has 0 bridgehead atoms. The van der Waals surface area contributed by atoms with Gasteiger partial charge in [0.05, 0.1) is 5.56 Å². The fraction of sp³-hybridized carbons (Fsp3) is 0.143. The van der Waals surface area contributed by atoms with Crippen LogP contribution in [-0.4, -0.2) is 0 Å². The van der Waals surface area contributed by atoms with Crippen molar-refractivity contribution in [1.29, 1.82) is 0 Å². The zero-order valence-corrected chi connectivity index (χ0v) is 11.8. The number of alkyl halides is 3. The quantitative estimate of drug-likeness (QED) is 0.873. The van der Waals surface area contributed by atoms with Gasteiger partial charge >= 0.3 is 6.18 Å². The number of hydrogen-bond acceptors (Lipinski definition) is 2. The average Bonchev–Trinajstić information content (AvgIpc) is 2.38. The maximum absolute atomic E-state index is 12.6. The zero-order chi connectivity index (χ0) is 14.8. The predicted octanol–water partition coefficient (Wildman–Crippen LogP) is 4.72. The fourth-order valence-corrected chi connectivity index (χ4v) is 2.15. The molecule has 6 heteroatoms. The lowest BCUT2D eigenvalue weighted by Crippen LogP contribution is -2.04. The fourth-order valence-electron chi connectivity index (χ4n) is 1.63. The summed E-state index contributed by atoms with van der Waals surface area (Å²) in [6.07, 6.45) is -4.39. The maximum atomic E-state index is 12.6. The summed E-state index contributed by atoms with van der Waals surface area (Å²) in [4.78, 5) is 0. The third-order valence-corrected chi connectivity index (χ3v) is 3.38. The van der Waals surface area contributed by atoms with Crippen LogP contribution < -0.4 is 10.5 Å². The molecule has 0 atom stereocenters. The van der Waals surface area contributed by atoms with Crippen LogP contribution in [0, 0.1) is 0 Å². The molecule has 2 nitrogen and oxygen atoms in total. The highest BCUT2D eigenvalue weighted by atomic mass is 79.9. The van der Waals surface area contributed by atoms with Gasteiger partial charge < -0.3 is 10.5 Å². The van der Waals surface area contributed by atoms with E-state index in [9.17, 15) is 13.2 Å². The molecule has 20 heavy (non-hydrogen) atoms. The highest BCUT2D eigenvalue weighted by molar-refractivity contribution is 9.10. The summed E-state index contributed by atoms with van der Waals surface area (Å²) >= 11 is 3.33. The molecule has 0 unspecified atom stereocenters. The van der Waals surface area contributed by atoms with Crippen molar-refractivity contribution in [3.63, 3.8) is 0 Å². The highest BCUT2D eigenvalue weighted by Crippen LogP contribution is 2.33. The number of nitrogens with two attached hydrogens (primary N) is 1. The Hall–Kier alpha value is -1.53. The predicted molar refractivity (Wildman–Crippen MR) is 73.6 cm³/mol. The largest absolute Gasteiger partial charge is 0.457 e. The minimum Gasteiger partial charge on any atom is -0.457 e. The van der Waals surface area contributed by atoms with Crippen LogP contribution in [0.15, 0.2) is 46.9 Å². The van der Waals surface area contributed by atoms with Crippen LogP contribution in [0.2, 0.25) is 0 Å². The molecule has 0 fully saturated rings. The third kappa shape index (κ3) is 3.52.